The zero-order valence-corrected chi connectivity index (χ0v) is 2.63. The van der Waals surface area contributed by atoms with Gasteiger partial charge in [0.1, 0.15) is 6.34 Å². The minimum absolute atomic E-state index is 0. The average molecular weight is 75.0 g/mol. The molecule has 0 unspecified atom stereocenters. The second-order valence-electron chi connectivity index (χ2n) is 0.712. The molecule has 1 aliphatic heterocycles. The maximum absolute atomic E-state index is 3.61. The molecule has 3 heteroatoms. The van der Waals surface area contributed by atoms with Gasteiger partial charge in [0, 0.05) is 12.4 Å². The van der Waals surface area contributed by atoms with E-state index >= 15 is 0 Å². The predicted octanol–water partition coefficient (Wildman–Crippen LogP) is -0.545. The van der Waals surface area contributed by atoms with Crippen molar-refractivity contribution >= 4 is 25.2 Å². The first-order chi connectivity index (χ1) is 2.50. The van der Waals surface area contributed by atoms with Gasteiger partial charge in [0.05, 0.1) is 0 Å². The Morgan fingerprint density at radius 3 is 2.17 bits per heavy atom. The molecule has 0 saturated carbocycles. The van der Waals surface area contributed by atoms with E-state index in [1.807, 2.05) is 0 Å². The summed E-state index contributed by atoms with van der Waals surface area (Å²) < 4.78 is 0. The van der Waals surface area contributed by atoms with Gasteiger partial charge in [-0.1, -0.05) is 0 Å². The molecule has 2 nitrogen and oxygen atoms in total. The molecule has 1 aliphatic rings. The Labute approximate surface area is 48.5 Å². The quantitative estimate of drug-likeness (QED) is 0.345. The van der Waals surface area contributed by atoms with E-state index < -0.39 is 0 Å². The van der Waals surface area contributed by atoms with E-state index in [1.54, 1.807) is 12.4 Å². The predicted molar refractivity (Wildman–Crippen MR) is 26.9 cm³/mol. The van der Waals surface area contributed by atoms with E-state index in [4.69, 9.17) is 0 Å². The van der Waals surface area contributed by atoms with Crippen LogP contribution in [0.2, 0.25) is 0 Å². The van der Waals surface area contributed by atoms with Crippen LogP contribution < -0.4 is 5.32 Å². The Balaban J connectivity index is 0.000000250. The Hall–Kier alpha value is -0.193. The second kappa shape index (κ2) is 3.02. The Kier molecular flexibility index (Phi) is 2.92. The van der Waals surface area contributed by atoms with Crippen LogP contribution >= 0.6 is 0 Å². The van der Waals surface area contributed by atoms with E-state index in [0.717, 1.165) is 0 Å². The van der Waals surface area contributed by atoms with Crippen molar-refractivity contribution < 1.29 is 0 Å². The fourth-order valence-corrected chi connectivity index (χ4v) is 0.192. The van der Waals surface area contributed by atoms with Crippen molar-refractivity contribution in [2.24, 2.45) is 4.99 Å². The van der Waals surface area contributed by atoms with Gasteiger partial charge < -0.3 is 0 Å². The van der Waals surface area contributed by atoms with Crippen molar-refractivity contribution in [1.29, 1.82) is 0 Å². The number of aliphatic imine (C=N–C) groups is 1. The molecule has 1 rings (SSSR count). The molecule has 0 atom stereocenters. The normalized spacial score (nSPS) is 13.3. The summed E-state index contributed by atoms with van der Waals surface area (Å²) in [6, 6.07) is 0. The van der Waals surface area contributed by atoms with Gasteiger partial charge in [0.15, 0.2) is 0 Å². The van der Waals surface area contributed by atoms with Gasteiger partial charge in [-0.05, 0) is 0 Å². The van der Waals surface area contributed by atoms with Crippen LogP contribution in [-0.4, -0.2) is 25.2 Å². The molecular weight excluding hydrogens is 71.0 g/mol. The molecule has 0 bridgehead atoms. The number of nitrogens with zero attached hydrogens (tertiary/aromatic N) is 2. The third-order valence-electron chi connectivity index (χ3n) is 0.372. The zero-order chi connectivity index (χ0) is 3.54. The summed E-state index contributed by atoms with van der Waals surface area (Å²) in [6.45, 7) is 0. The number of hydrogen-bond donors (Lipinski definition) is 0. The number of hydrogen-bond acceptors (Lipinski definition) is 1. The van der Waals surface area contributed by atoms with Crippen LogP contribution in [0.15, 0.2) is 17.4 Å². The molecule has 0 aromatic rings. The first-order valence-electron chi connectivity index (χ1n) is 1.37. The van der Waals surface area contributed by atoms with Crippen molar-refractivity contribution in [1.82, 2.24) is 5.32 Å². The Bertz CT molecular complexity index is 66.9. The fourth-order valence-electron chi connectivity index (χ4n) is 0.192. The molecule has 6 heavy (non-hydrogen) atoms. The van der Waals surface area contributed by atoms with Crippen molar-refractivity contribution in [3.63, 3.8) is 0 Å². The van der Waals surface area contributed by atoms with Crippen molar-refractivity contribution in [3.05, 3.63) is 12.4 Å². The summed E-state index contributed by atoms with van der Waals surface area (Å²) in [5, 5.41) is 3.61. The van der Waals surface area contributed by atoms with Crippen LogP contribution in [0.4, 0.5) is 0 Å². The monoisotopic (exact) mass is 75.1 g/mol. The van der Waals surface area contributed by atoms with Crippen LogP contribution in [0.1, 0.15) is 0 Å². The molecule has 1 heterocycles. The summed E-state index contributed by atoms with van der Waals surface area (Å²) in [7, 11) is 0. The molecule has 0 aromatic heterocycles. The van der Waals surface area contributed by atoms with Gasteiger partial charge in [0.25, 0.3) is 0 Å². The molecule has 0 amide bonds. The fraction of sp³-hybridized carbons (Fsp3) is 0. The summed E-state index contributed by atoms with van der Waals surface area (Å²) in [4.78, 5) is 3.61. The van der Waals surface area contributed by atoms with Gasteiger partial charge in [0.2, 0.25) is 0 Å². The Morgan fingerprint density at radius 1 is 1.17 bits per heavy atom. The van der Waals surface area contributed by atoms with Crippen molar-refractivity contribution in [3.8, 4) is 0 Å². The molecule has 27 valence electrons. The van der Waals surface area contributed by atoms with Crippen LogP contribution in [0.3, 0.4) is 0 Å². The van der Waals surface area contributed by atoms with E-state index in [2.05, 4.69) is 10.3 Å². The average Bonchev–Trinajstić information content (AvgIpc) is 1.76. The van der Waals surface area contributed by atoms with E-state index in [-0.39, 0.29) is 18.9 Å². The second-order valence-corrected chi connectivity index (χ2v) is 0.712. The van der Waals surface area contributed by atoms with Crippen molar-refractivity contribution in [2.75, 3.05) is 0 Å². The molecule has 0 aromatic carbocycles. The van der Waals surface area contributed by atoms with Crippen LogP contribution in [-0.2, 0) is 0 Å². The molecule has 0 fully saturated rings. The summed E-state index contributed by atoms with van der Waals surface area (Å²) >= 11 is 0. The third kappa shape index (κ3) is 1.30. The van der Waals surface area contributed by atoms with Crippen LogP contribution in [0.25, 0.3) is 0 Å². The van der Waals surface area contributed by atoms with Gasteiger partial charge in [-0.2, -0.15) is 0 Å². The molecular formula is C3H4LiN2. The van der Waals surface area contributed by atoms with E-state index in [0.29, 0.717) is 0 Å². The molecule has 0 spiro atoms. The van der Waals surface area contributed by atoms with E-state index in [1.165, 1.54) is 6.34 Å². The first kappa shape index (κ1) is 5.81. The zero-order valence-electron chi connectivity index (χ0n) is 2.63. The van der Waals surface area contributed by atoms with Crippen LogP contribution in [0.5, 0.6) is 0 Å². The molecule has 0 N–H and O–H groups in total. The van der Waals surface area contributed by atoms with Gasteiger partial charge in [-0.25, -0.2) is 10.3 Å². The minimum atomic E-state index is 0. The van der Waals surface area contributed by atoms with Gasteiger partial charge >= 0.3 is 18.9 Å². The van der Waals surface area contributed by atoms with Gasteiger partial charge in [-0.3, -0.25) is 0 Å². The molecule has 1 radical (unpaired) electrons. The third-order valence-corrected chi connectivity index (χ3v) is 0.372. The van der Waals surface area contributed by atoms with Crippen molar-refractivity contribution in [2.45, 2.75) is 0 Å². The van der Waals surface area contributed by atoms with E-state index in [9.17, 15) is 0 Å². The molecule has 0 saturated heterocycles. The maximum atomic E-state index is 3.61. The van der Waals surface area contributed by atoms with Gasteiger partial charge in [-0.15, -0.1) is 0 Å². The standard InChI is InChI=1S/C3H3N2.Li.H/c1-2-5-3-4-1;;/h1-3H;;. The summed E-state index contributed by atoms with van der Waals surface area (Å²) in [6.07, 6.45) is 4.78. The Morgan fingerprint density at radius 2 is 2.00 bits per heavy atom. The van der Waals surface area contributed by atoms with Crippen LogP contribution in [0, 0.1) is 0 Å². The first-order valence-corrected chi connectivity index (χ1v) is 1.37. The molecule has 0 aliphatic carbocycles. The number of rotatable bonds is 0. The summed E-state index contributed by atoms with van der Waals surface area (Å²) in [5.41, 5.74) is 0. The summed E-state index contributed by atoms with van der Waals surface area (Å²) in [5.74, 6) is 0. The SMILES string of the molecule is C1=CN=C[N]1.[LiH]. The topological polar surface area (TPSA) is 26.5 Å².